The van der Waals surface area contributed by atoms with Crippen LogP contribution in [0.25, 0.3) is 0 Å². The van der Waals surface area contributed by atoms with Crippen LogP contribution in [0.5, 0.6) is 0 Å². The maximum atomic E-state index is 12.8. The van der Waals surface area contributed by atoms with Crippen molar-refractivity contribution in [3.63, 3.8) is 0 Å². The van der Waals surface area contributed by atoms with Gasteiger partial charge in [0.2, 0.25) is 0 Å². The van der Waals surface area contributed by atoms with Crippen LogP contribution in [0, 0.1) is 0 Å². The van der Waals surface area contributed by atoms with Crippen molar-refractivity contribution in [1.29, 1.82) is 0 Å². The van der Waals surface area contributed by atoms with Crippen molar-refractivity contribution in [1.82, 2.24) is 4.98 Å². The lowest BCUT2D eigenvalue weighted by molar-refractivity contribution is -0.142. The molecule has 0 aliphatic heterocycles. The molecule has 0 saturated carbocycles. The summed E-state index contributed by atoms with van der Waals surface area (Å²) in [5.74, 6) is 0. The van der Waals surface area contributed by atoms with Crippen LogP contribution in [0.2, 0.25) is 0 Å². The average Bonchev–Trinajstić information content (AvgIpc) is 2.45. The SMILES string of the molecule is OC(c1ccc(C(F)(F)F)cc1)c1cccnc1C(F)(F)F. The quantitative estimate of drug-likeness (QED) is 0.841. The minimum Gasteiger partial charge on any atom is -0.384 e. The fourth-order valence-electron chi connectivity index (χ4n) is 1.91. The predicted octanol–water partition coefficient (Wildman–Crippen LogP) is 4.20. The van der Waals surface area contributed by atoms with Gasteiger partial charge in [-0.2, -0.15) is 26.3 Å². The van der Waals surface area contributed by atoms with Gasteiger partial charge in [0.05, 0.1) is 5.56 Å². The number of aromatic nitrogens is 1. The van der Waals surface area contributed by atoms with Crippen LogP contribution in [0.3, 0.4) is 0 Å². The zero-order chi connectivity index (χ0) is 16.5. The first-order valence-corrected chi connectivity index (χ1v) is 5.98. The monoisotopic (exact) mass is 321 g/mol. The second kappa shape index (κ2) is 5.60. The van der Waals surface area contributed by atoms with Gasteiger partial charge >= 0.3 is 12.4 Å². The number of aliphatic hydroxyl groups excluding tert-OH is 1. The number of aliphatic hydroxyl groups is 1. The Morgan fingerprint density at radius 3 is 1.95 bits per heavy atom. The van der Waals surface area contributed by atoms with Gasteiger partial charge in [0.15, 0.2) is 5.69 Å². The molecule has 1 N–H and O–H groups in total. The van der Waals surface area contributed by atoms with E-state index in [-0.39, 0.29) is 5.56 Å². The molecule has 0 bridgehead atoms. The third-order valence-corrected chi connectivity index (χ3v) is 2.96. The highest BCUT2D eigenvalue weighted by Crippen LogP contribution is 2.36. The lowest BCUT2D eigenvalue weighted by atomic mass is 9.99. The normalized spacial score (nSPS) is 14.0. The van der Waals surface area contributed by atoms with Crippen LogP contribution in [0.1, 0.15) is 28.5 Å². The number of alkyl halides is 6. The molecule has 1 heterocycles. The van der Waals surface area contributed by atoms with Crippen molar-refractivity contribution in [2.45, 2.75) is 18.5 Å². The molecule has 2 aromatic rings. The predicted molar refractivity (Wildman–Crippen MR) is 64.7 cm³/mol. The van der Waals surface area contributed by atoms with E-state index in [4.69, 9.17) is 0 Å². The molecule has 118 valence electrons. The van der Waals surface area contributed by atoms with E-state index >= 15 is 0 Å². The molecule has 0 amide bonds. The van der Waals surface area contributed by atoms with Crippen LogP contribution in [0.4, 0.5) is 26.3 Å². The lowest BCUT2D eigenvalue weighted by Crippen LogP contribution is -2.15. The van der Waals surface area contributed by atoms with Crippen LogP contribution in [0.15, 0.2) is 42.6 Å². The molecule has 1 aromatic heterocycles. The summed E-state index contributed by atoms with van der Waals surface area (Å²) in [6, 6.07) is 5.49. The van der Waals surface area contributed by atoms with E-state index in [1.165, 1.54) is 6.07 Å². The summed E-state index contributed by atoms with van der Waals surface area (Å²) < 4.78 is 75.8. The molecule has 2 nitrogen and oxygen atoms in total. The minimum absolute atomic E-state index is 0.0912. The molecule has 0 saturated heterocycles. The van der Waals surface area contributed by atoms with E-state index in [9.17, 15) is 31.4 Å². The van der Waals surface area contributed by atoms with Gasteiger partial charge in [0.1, 0.15) is 6.10 Å². The zero-order valence-electron chi connectivity index (χ0n) is 10.8. The van der Waals surface area contributed by atoms with Gasteiger partial charge in [-0.1, -0.05) is 18.2 Å². The van der Waals surface area contributed by atoms with E-state index in [0.29, 0.717) is 12.1 Å². The summed E-state index contributed by atoms with van der Waals surface area (Å²) in [4.78, 5) is 3.19. The third-order valence-electron chi connectivity index (χ3n) is 2.96. The number of hydrogen-bond acceptors (Lipinski definition) is 2. The summed E-state index contributed by atoms with van der Waals surface area (Å²) in [6.07, 6.45) is -10.1. The van der Waals surface area contributed by atoms with Crippen molar-refractivity contribution >= 4 is 0 Å². The number of pyridine rings is 1. The van der Waals surface area contributed by atoms with Crippen LogP contribution in [-0.2, 0) is 12.4 Å². The molecule has 22 heavy (non-hydrogen) atoms. The molecule has 1 aromatic carbocycles. The van der Waals surface area contributed by atoms with E-state index in [0.717, 1.165) is 24.4 Å². The summed E-state index contributed by atoms with van der Waals surface area (Å²) in [6.45, 7) is 0. The Labute approximate surface area is 121 Å². The fourth-order valence-corrected chi connectivity index (χ4v) is 1.91. The van der Waals surface area contributed by atoms with Crippen molar-refractivity contribution in [2.75, 3.05) is 0 Å². The van der Waals surface area contributed by atoms with E-state index in [2.05, 4.69) is 4.98 Å². The molecular formula is C14H9F6NO. The Hall–Kier alpha value is -2.09. The second-order valence-corrected chi connectivity index (χ2v) is 4.46. The smallest absolute Gasteiger partial charge is 0.384 e. The second-order valence-electron chi connectivity index (χ2n) is 4.46. The summed E-state index contributed by atoms with van der Waals surface area (Å²) in [7, 11) is 0. The first-order chi connectivity index (χ1) is 10.1. The van der Waals surface area contributed by atoms with Crippen LogP contribution < -0.4 is 0 Å². The highest BCUT2D eigenvalue weighted by molar-refractivity contribution is 5.35. The molecule has 0 aliphatic carbocycles. The number of nitrogens with zero attached hydrogens (tertiary/aromatic N) is 1. The van der Waals surface area contributed by atoms with E-state index in [1.807, 2.05) is 0 Å². The topological polar surface area (TPSA) is 33.1 Å². The summed E-state index contributed by atoms with van der Waals surface area (Å²) in [5, 5.41) is 10.0. The lowest BCUT2D eigenvalue weighted by Gasteiger charge is -2.17. The minimum atomic E-state index is -4.77. The molecule has 8 heteroatoms. The molecule has 1 atom stereocenters. The molecule has 1 unspecified atom stereocenters. The number of rotatable bonds is 2. The number of halogens is 6. The first-order valence-electron chi connectivity index (χ1n) is 5.98. The van der Waals surface area contributed by atoms with E-state index < -0.39 is 35.3 Å². The van der Waals surface area contributed by atoms with Gasteiger partial charge in [-0.3, -0.25) is 4.98 Å². The molecule has 0 radical (unpaired) electrons. The Kier molecular flexibility index (Phi) is 4.15. The Bertz CT molecular complexity index is 648. The van der Waals surface area contributed by atoms with Crippen LogP contribution >= 0.6 is 0 Å². The van der Waals surface area contributed by atoms with Crippen molar-refractivity contribution in [2.24, 2.45) is 0 Å². The molecule has 0 fully saturated rings. The van der Waals surface area contributed by atoms with Gasteiger partial charge in [0.25, 0.3) is 0 Å². The van der Waals surface area contributed by atoms with Gasteiger partial charge in [0, 0.05) is 11.8 Å². The van der Waals surface area contributed by atoms with Gasteiger partial charge in [-0.15, -0.1) is 0 Å². The largest absolute Gasteiger partial charge is 0.433 e. The maximum Gasteiger partial charge on any atom is 0.433 e. The number of hydrogen-bond donors (Lipinski definition) is 1. The third kappa shape index (κ3) is 3.38. The van der Waals surface area contributed by atoms with Gasteiger partial charge in [-0.25, -0.2) is 0 Å². The zero-order valence-corrected chi connectivity index (χ0v) is 10.8. The highest BCUT2D eigenvalue weighted by atomic mass is 19.4. The number of benzene rings is 1. The Morgan fingerprint density at radius 2 is 1.45 bits per heavy atom. The van der Waals surface area contributed by atoms with Gasteiger partial charge < -0.3 is 5.11 Å². The summed E-state index contributed by atoms with van der Waals surface area (Å²) >= 11 is 0. The molecular weight excluding hydrogens is 312 g/mol. The Morgan fingerprint density at radius 1 is 0.864 bits per heavy atom. The highest BCUT2D eigenvalue weighted by Gasteiger charge is 2.37. The molecule has 0 spiro atoms. The van der Waals surface area contributed by atoms with Crippen molar-refractivity contribution in [3.05, 3.63) is 65.0 Å². The van der Waals surface area contributed by atoms with Crippen molar-refractivity contribution < 1.29 is 31.4 Å². The summed E-state index contributed by atoms with van der Waals surface area (Å²) in [5.41, 5.74) is -2.84. The molecule has 0 aliphatic rings. The standard InChI is InChI=1S/C14H9F6NO/c15-13(16,17)9-5-3-8(4-6-9)11(22)10-2-1-7-21-12(10)14(18,19)20/h1-7,11,22H. The average molecular weight is 321 g/mol. The maximum absolute atomic E-state index is 12.8. The molecule has 2 rings (SSSR count). The first kappa shape index (κ1) is 16.3. The fraction of sp³-hybridized carbons (Fsp3) is 0.214. The van der Waals surface area contributed by atoms with E-state index in [1.54, 1.807) is 0 Å². The van der Waals surface area contributed by atoms with Gasteiger partial charge in [-0.05, 0) is 23.8 Å². The van der Waals surface area contributed by atoms with Crippen molar-refractivity contribution in [3.8, 4) is 0 Å². The Balaban J connectivity index is 2.39. The van der Waals surface area contributed by atoms with Crippen LogP contribution in [-0.4, -0.2) is 10.1 Å².